The molecule has 0 saturated heterocycles. The molecule has 20 heavy (non-hydrogen) atoms. The second-order valence-electron chi connectivity index (χ2n) is 5.53. The van der Waals surface area contributed by atoms with Gasteiger partial charge in [-0.05, 0) is 25.2 Å². The van der Waals surface area contributed by atoms with Gasteiger partial charge in [0.1, 0.15) is 0 Å². The largest absolute Gasteiger partial charge is 0.435 e. The Morgan fingerprint density at radius 2 is 2.00 bits per heavy atom. The van der Waals surface area contributed by atoms with Crippen LogP contribution in [0.1, 0.15) is 49.8 Å². The number of aryl methyl sites for hydroxylation is 1. The van der Waals surface area contributed by atoms with Crippen molar-refractivity contribution in [3.05, 3.63) is 17.5 Å². The maximum absolute atomic E-state index is 12.8. The molecule has 0 bridgehead atoms. The van der Waals surface area contributed by atoms with Crippen molar-refractivity contribution < 1.29 is 18.3 Å². The fourth-order valence-corrected chi connectivity index (χ4v) is 2.96. The average Bonchev–Trinajstić information content (AvgIpc) is 2.98. The number of aliphatic hydroxyl groups excluding tert-OH is 1. The smallest absolute Gasteiger partial charge is 0.396 e. The first kappa shape index (κ1) is 15.4. The molecular formula is C14H21F3N2O. The molecule has 1 aliphatic carbocycles. The van der Waals surface area contributed by atoms with Crippen molar-refractivity contribution >= 4 is 0 Å². The number of nitrogens with zero attached hydrogens (tertiary/aromatic N) is 2. The Morgan fingerprint density at radius 1 is 1.30 bits per heavy atom. The monoisotopic (exact) mass is 290 g/mol. The summed E-state index contributed by atoms with van der Waals surface area (Å²) in [5, 5.41) is 12.5. The van der Waals surface area contributed by atoms with Crippen molar-refractivity contribution in [3.63, 3.8) is 0 Å². The topological polar surface area (TPSA) is 38.0 Å². The van der Waals surface area contributed by atoms with E-state index >= 15 is 0 Å². The minimum Gasteiger partial charge on any atom is -0.396 e. The quantitative estimate of drug-likeness (QED) is 0.872. The van der Waals surface area contributed by atoms with E-state index in [9.17, 15) is 13.2 Å². The van der Waals surface area contributed by atoms with Crippen LogP contribution in [-0.4, -0.2) is 21.5 Å². The highest BCUT2D eigenvalue weighted by atomic mass is 19.4. The fourth-order valence-electron chi connectivity index (χ4n) is 2.96. The second-order valence-corrected chi connectivity index (χ2v) is 5.53. The third-order valence-corrected chi connectivity index (χ3v) is 3.96. The summed E-state index contributed by atoms with van der Waals surface area (Å²) in [6.07, 6.45) is 3.98. The van der Waals surface area contributed by atoms with Gasteiger partial charge in [-0.3, -0.25) is 4.68 Å². The summed E-state index contributed by atoms with van der Waals surface area (Å²) in [5.41, 5.74) is -0.770. The summed E-state index contributed by atoms with van der Waals surface area (Å²) in [4.78, 5) is 0. The molecular weight excluding hydrogens is 269 g/mol. The molecule has 0 atom stereocenters. The van der Waals surface area contributed by atoms with Gasteiger partial charge in [0.25, 0.3) is 0 Å². The predicted octanol–water partition coefficient (Wildman–Crippen LogP) is 3.41. The van der Waals surface area contributed by atoms with Crippen LogP contribution in [0.3, 0.4) is 0 Å². The number of hydrogen-bond acceptors (Lipinski definition) is 2. The van der Waals surface area contributed by atoms with Crippen LogP contribution in [0.15, 0.2) is 6.20 Å². The van der Waals surface area contributed by atoms with Crippen LogP contribution in [0.5, 0.6) is 0 Å². The Morgan fingerprint density at radius 3 is 2.60 bits per heavy atom. The normalized spacial score (nSPS) is 17.0. The molecule has 1 fully saturated rings. The predicted molar refractivity (Wildman–Crippen MR) is 69.2 cm³/mol. The number of aliphatic hydroxyl groups is 1. The molecule has 2 rings (SSSR count). The van der Waals surface area contributed by atoms with Crippen LogP contribution in [0, 0.1) is 5.92 Å². The molecule has 1 aromatic heterocycles. The molecule has 1 N–H and O–H groups in total. The number of rotatable bonds is 6. The van der Waals surface area contributed by atoms with Gasteiger partial charge in [0.15, 0.2) is 5.69 Å². The van der Waals surface area contributed by atoms with E-state index in [0.717, 1.165) is 18.8 Å². The lowest BCUT2D eigenvalue weighted by atomic mass is 10.0. The van der Waals surface area contributed by atoms with E-state index in [1.807, 2.05) is 0 Å². The molecule has 114 valence electrons. The van der Waals surface area contributed by atoms with Crippen molar-refractivity contribution in [2.75, 3.05) is 6.61 Å². The maximum Gasteiger partial charge on any atom is 0.435 e. The van der Waals surface area contributed by atoms with E-state index in [2.05, 4.69) is 5.10 Å². The van der Waals surface area contributed by atoms with Gasteiger partial charge in [-0.15, -0.1) is 0 Å². The summed E-state index contributed by atoms with van der Waals surface area (Å²) in [6, 6.07) is 0. The molecule has 3 nitrogen and oxygen atoms in total. The molecule has 6 heteroatoms. The molecule has 0 aliphatic heterocycles. The first-order valence-corrected chi connectivity index (χ1v) is 7.25. The average molecular weight is 290 g/mol. The number of hydrogen-bond donors (Lipinski definition) is 1. The zero-order valence-electron chi connectivity index (χ0n) is 11.5. The second kappa shape index (κ2) is 6.61. The highest BCUT2D eigenvalue weighted by molar-refractivity contribution is 5.20. The first-order valence-electron chi connectivity index (χ1n) is 7.25. The Balaban J connectivity index is 1.93. The van der Waals surface area contributed by atoms with Crippen molar-refractivity contribution in [2.45, 2.75) is 57.7 Å². The van der Waals surface area contributed by atoms with Crippen LogP contribution in [0.4, 0.5) is 13.2 Å². The van der Waals surface area contributed by atoms with Crippen LogP contribution < -0.4 is 0 Å². The Hall–Kier alpha value is -1.04. The summed E-state index contributed by atoms with van der Waals surface area (Å²) in [7, 11) is 0. The van der Waals surface area contributed by atoms with Gasteiger partial charge in [-0.2, -0.15) is 18.3 Å². The minimum atomic E-state index is -4.44. The molecule has 0 radical (unpaired) electrons. The summed E-state index contributed by atoms with van der Waals surface area (Å²) < 4.78 is 39.8. The minimum absolute atomic E-state index is 0.00251. The zero-order chi connectivity index (χ0) is 14.6. The van der Waals surface area contributed by atoms with Crippen molar-refractivity contribution in [1.29, 1.82) is 0 Å². The number of alkyl halides is 3. The van der Waals surface area contributed by atoms with Gasteiger partial charge < -0.3 is 5.11 Å². The molecule has 1 heterocycles. The Kier molecular flexibility index (Phi) is 5.07. The zero-order valence-corrected chi connectivity index (χ0v) is 11.5. The molecule has 0 spiro atoms. The highest BCUT2D eigenvalue weighted by Gasteiger charge is 2.36. The van der Waals surface area contributed by atoms with E-state index < -0.39 is 11.9 Å². The SMILES string of the molecule is OCCc1cn(CCCC2CCCC2)nc1C(F)(F)F. The highest BCUT2D eigenvalue weighted by Crippen LogP contribution is 2.31. The Labute approximate surface area is 116 Å². The van der Waals surface area contributed by atoms with Gasteiger partial charge in [0.05, 0.1) is 0 Å². The Bertz CT molecular complexity index is 423. The van der Waals surface area contributed by atoms with Crippen molar-refractivity contribution in [1.82, 2.24) is 9.78 Å². The van der Waals surface area contributed by atoms with Gasteiger partial charge in [-0.25, -0.2) is 0 Å². The van der Waals surface area contributed by atoms with Crippen LogP contribution in [-0.2, 0) is 19.1 Å². The third kappa shape index (κ3) is 3.98. The number of halogens is 3. The van der Waals surface area contributed by atoms with Crippen molar-refractivity contribution in [2.24, 2.45) is 5.92 Å². The molecule has 0 amide bonds. The summed E-state index contributed by atoms with van der Waals surface area (Å²) in [5.74, 6) is 0.740. The number of aromatic nitrogens is 2. The van der Waals surface area contributed by atoms with Gasteiger partial charge in [0.2, 0.25) is 0 Å². The van der Waals surface area contributed by atoms with Gasteiger partial charge >= 0.3 is 6.18 Å². The molecule has 1 aliphatic rings. The molecule has 1 saturated carbocycles. The summed E-state index contributed by atoms with van der Waals surface area (Å²) >= 11 is 0. The third-order valence-electron chi connectivity index (χ3n) is 3.96. The lowest BCUT2D eigenvalue weighted by Crippen LogP contribution is -2.11. The van der Waals surface area contributed by atoms with E-state index in [-0.39, 0.29) is 18.6 Å². The van der Waals surface area contributed by atoms with Crippen LogP contribution >= 0.6 is 0 Å². The molecule has 0 aromatic carbocycles. The van der Waals surface area contributed by atoms with Gasteiger partial charge in [-0.1, -0.05) is 25.7 Å². The van der Waals surface area contributed by atoms with Crippen molar-refractivity contribution in [3.8, 4) is 0 Å². The summed E-state index contributed by atoms with van der Waals surface area (Å²) in [6.45, 7) is 0.224. The fraction of sp³-hybridized carbons (Fsp3) is 0.786. The lowest BCUT2D eigenvalue weighted by molar-refractivity contribution is -0.142. The lowest BCUT2D eigenvalue weighted by Gasteiger charge is -2.08. The van der Waals surface area contributed by atoms with Crippen LogP contribution in [0.25, 0.3) is 0 Å². The maximum atomic E-state index is 12.8. The molecule has 0 unspecified atom stereocenters. The van der Waals surface area contributed by atoms with Gasteiger partial charge in [0, 0.05) is 24.9 Å². The van der Waals surface area contributed by atoms with E-state index in [1.165, 1.54) is 36.6 Å². The van der Waals surface area contributed by atoms with E-state index in [4.69, 9.17) is 5.11 Å². The molecule has 1 aromatic rings. The standard InChI is InChI=1S/C14H21F3N2O/c15-14(16,17)13-12(7-9-20)10-19(18-13)8-3-6-11-4-1-2-5-11/h10-11,20H,1-9H2. The first-order chi connectivity index (χ1) is 9.50. The van der Waals surface area contributed by atoms with Crippen LogP contribution in [0.2, 0.25) is 0 Å². The van der Waals surface area contributed by atoms with E-state index in [0.29, 0.717) is 6.54 Å². The van der Waals surface area contributed by atoms with E-state index in [1.54, 1.807) is 0 Å².